The number of alkyl halides is 3. The van der Waals surface area contributed by atoms with Crippen molar-refractivity contribution in [3.63, 3.8) is 0 Å². The summed E-state index contributed by atoms with van der Waals surface area (Å²) in [6.07, 6.45) is -3.11. The molecular formula is C23H25F3N6O2. The molecule has 1 aromatic heterocycles. The van der Waals surface area contributed by atoms with Gasteiger partial charge >= 0.3 is 12.2 Å². The maximum atomic E-state index is 13.1. The Morgan fingerprint density at radius 3 is 2.35 bits per heavy atom. The fourth-order valence-corrected chi connectivity index (χ4v) is 2.93. The van der Waals surface area contributed by atoms with Gasteiger partial charge in [-0.25, -0.2) is 14.8 Å². The molecule has 34 heavy (non-hydrogen) atoms. The molecule has 0 aliphatic carbocycles. The molecule has 0 aliphatic rings. The Morgan fingerprint density at radius 2 is 1.68 bits per heavy atom. The van der Waals surface area contributed by atoms with Crippen molar-refractivity contribution in [1.82, 2.24) is 14.9 Å². The number of benzene rings is 2. The number of likely N-dealkylation sites (N-methyl/N-ethyl adjacent to an activating group) is 1. The summed E-state index contributed by atoms with van der Waals surface area (Å²) in [4.78, 5) is 22.5. The molecule has 0 saturated carbocycles. The normalized spacial score (nSPS) is 11.3. The van der Waals surface area contributed by atoms with Gasteiger partial charge in [0.25, 0.3) is 0 Å². The van der Waals surface area contributed by atoms with Gasteiger partial charge in [0.2, 0.25) is 5.88 Å². The highest BCUT2D eigenvalue weighted by Crippen LogP contribution is 2.33. The van der Waals surface area contributed by atoms with Gasteiger partial charge in [-0.1, -0.05) is 6.07 Å². The number of aryl methyl sites for hydroxylation is 1. The van der Waals surface area contributed by atoms with Crippen molar-refractivity contribution in [3.8, 4) is 11.6 Å². The molecule has 3 N–H and O–H groups in total. The van der Waals surface area contributed by atoms with Crippen LogP contribution in [0.15, 0.2) is 54.9 Å². The Hall–Kier alpha value is -3.86. The molecule has 3 aromatic rings. The zero-order valence-electron chi connectivity index (χ0n) is 18.9. The minimum atomic E-state index is -4.50. The molecule has 2 amide bonds. The second-order valence-corrected chi connectivity index (χ2v) is 7.70. The van der Waals surface area contributed by atoms with E-state index in [1.54, 1.807) is 30.3 Å². The molecule has 0 spiro atoms. The molecule has 0 unspecified atom stereocenters. The lowest BCUT2D eigenvalue weighted by molar-refractivity contribution is -0.138. The standard InChI is InChI=1S/C23H25F3N6O2/c1-15-4-5-17(12-19(15)23(24,25)26)31-22(33)30-16-6-8-18(9-7-16)34-21-13-20(28-14-29-21)27-10-11-32(2)3/h4-9,12-14H,10-11H2,1-3H3,(H,27,28,29)(H2,30,31,33). The Kier molecular flexibility index (Phi) is 7.90. The van der Waals surface area contributed by atoms with Crippen molar-refractivity contribution in [1.29, 1.82) is 0 Å². The lowest BCUT2D eigenvalue weighted by Gasteiger charge is -2.13. The summed E-state index contributed by atoms with van der Waals surface area (Å²) >= 11 is 0. The quantitative estimate of drug-likeness (QED) is 0.415. The number of ether oxygens (including phenoxy) is 1. The summed E-state index contributed by atoms with van der Waals surface area (Å²) in [5.41, 5.74) is -0.252. The molecule has 11 heteroatoms. The van der Waals surface area contributed by atoms with Crippen LogP contribution in [-0.4, -0.2) is 48.1 Å². The van der Waals surface area contributed by atoms with Crippen LogP contribution in [-0.2, 0) is 6.18 Å². The molecule has 2 aromatic carbocycles. The first kappa shape index (κ1) is 24.8. The monoisotopic (exact) mass is 474 g/mol. The first-order valence-electron chi connectivity index (χ1n) is 10.3. The van der Waals surface area contributed by atoms with Crippen LogP contribution in [0.1, 0.15) is 11.1 Å². The van der Waals surface area contributed by atoms with Gasteiger partial charge in [-0.15, -0.1) is 0 Å². The first-order valence-corrected chi connectivity index (χ1v) is 10.3. The number of amides is 2. The van der Waals surface area contributed by atoms with E-state index in [9.17, 15) is 18.0 Å². The van der Waals surface area contributed by atoms with E-state index in [1.807, 2.05) is 19.0 Å². The maximum Gasteiger partial charge on any atom is 0.416 e. The number of urea groups is 1. The van der Waals surface area contributed by atoms with E-state index in [0.29, 0.717) is 29.7 Å². The second-order valence-electron chi connectivity index (χ2n) is 7.70. The van der Waals surface area contributed by atoms with Crippen LogP contribution in [0.2, 0.25) is 0 Å². The van der Waals surface area contributed by atoms with Crippen molar-refractivity contribution < 1.29 is 22.7 Å². The fraction of sp³-hybridized carbons (Fsp3) is 0.261. The smallest absolute Gasteiger partial charge is 0.416 e. The van der Waals surface area contributed by atoms with Crippen LogP contribution in [0.5, 0.6) is 11.6 Å². The summed E-state index contributed by atoms with van der Waals surface area (Å²) in [5, 5.41) is 8.15. The van der Waals surface area contributed by atoms with Crippen LogP contribution in [0.25, 0.3) is 0 Å². The van der Waals surface area contributed by atoms with Gasteiger partial charge < -0.3 is 25.6 Å². The van der Waals surface area contributed by atoms with Crippen LogP contribution < -0.4 is 20.7 Å². The number of halogens is 3. The molecule has 0 saturated heterocycles. The molecule has 0 aliphatic heterocycles. The van der Waals surface area contributed by atoms with Crippen LogP contribution in [0, 0.1) is 6.92 Å². The Bertz CT molecular complexity index is 1120. The van der Waals surface area contributed by atoms with Crippen LogP contribution >= 0.6 is 0 Å². The van der Waals surface area contributed by atoms with Crippen LogP contribution in [0.3, 0.4) is 0 Å². The first-order chi connectivity index (χ1) is 16.1. The number of rotatable bonds is 8. The predicted octanol–water partition coefficient (Wildman–Crippen LogP) is 5.21. The highest BCUT2D eigenvalue weighted by Gasteiger charge is 2.32. The van der Waals surface area contributed by atoms with Crippen molar-refractivity contribution in [2.45, 2.75) is 13.1 Å². The van der Waals surface area contributed by atoms with Gasteiger partial charge in [0.15, 0.2) is 0 Å². The Morgan fingerprint density at radius 1 is 1.00 bits per heavy atom. The number of nitrogens with one attached hydrogen (secondary N) is 3. The SMILES string of the molecule is Cc1ccc(NC(=O)Nc2ccc(Oc3cc(NCCN(C)C)ncn3)cc2)cc1C(F)(F)F. The minimum Gasteiger partial charge on any atom is -0.439 e. The highest BCUT2D eigenvalue weighted by atomic mass is 19.4. The van der Waals surface area contributed by atoms with Crippen molar-refractivity contribution in [3.05, 3.63) is 66.0 Å². The molecule has 0 atom stereocenters. The number of hydrogen-bond acceptors (Lipinski definition) is 6. The van der Waals surface area contributed by atoms with Crippen molar-refractivity contribution in [2.24, 2.45) is 0 Å². The largest absolute Gasteiger partial charge is 0.439 e. The summed E-state index contributed by atoms with van der Waals surface area (Å²) in [5.74, 6) is 1.46. The van der Waals surface area contributed by atoms with E-state index >= 15 is 0 Å². The number of hydrogen-bond donors (Lipinski definition) is 3. The lowest BCUT2D eigenvalue weighted by Crippen LogP contribution is -2.21. The Labute approximate surface area is 195 Å². The maximum absolute atomic E-state index is 13.1. The third-order valence-corrected chi connectivity index (χ3v) is 4.64. The zero-order chi connectivity index (χ0) is 24.7. The molecule has 0 bridgehead atoms. The van der Waals surface area contributed by atoms with Gasteiger partial charge in [0.1, 0.15) is 17.9 Å². The number of aromatic nitrogens is 2. The zero-order valence-corrected chi connectivity index (χ0v) is 18.9. The lowest BCUT2D eigenvalue weighted by atomic mass is 10.1. The average molecular weight is 474 g/mol. The van der Waals surface area contributed by atoms with Crippen molar-refractivity contribution >= 4 is 23.2 Å². The number of carbonyl (C=O) groups is 1. The molecule has 1 heterocycles. The van der Waals surface area contributed by atoms with Crippen molar-refractivity contribution in [2.75, 3.05) is 43.1 Å². The van der Waals surface area contributed by atoms with Gasteiger partial charge in [-0.2, -0.15) is 13.2 Å². The van der Waals surface area contributed by atoms with E-state index in [0.717, 1.165) is 12.6 Å². The topological polar surface area (TPSA) is 91.4 Å². The number of nitrogens with zero attached hydrogens (tertiary/aromatic N) is 3. The summed E-state index contributed by atoms with van der Waals surface area (Å²) in [6.45, 7) is 2.92. The Balaban J connectivity index is 1.56. The predicted molar refractivity (Wildman–Crippen MR) is 124 cm³/mol. The summed E-state index contributed by atoms with van der Waals surface area (Å²) in [6, 6.07) is 11.1. The van der Waals surface area contributed by atoms with E-state index in [2.05, 4.69) is 25.9 Å². The molecule has 8 nitrogen and oxygen atoms in total. The van der Waals surface area contributed by atoms with Crippen LogP contribution in [0.4, 0.5) is 35.2 Å². The third-order valence-electron chi connectivity index (χ3n) is 4.64. The summed E-state index contributed by atoms with van der Waals surface area (Å²) < 4.78 is 44.9. The highest BCUT2D eigenvalue weighted by molar-refractivity contribution is 5.99. The van der Waals surface area contributed by atoms with Gasteiger partial charge in [0, 0.05) is 30.5 Å². The number of anilines is 3. The molecule has 0 fully saturated rings. The van der Waals surface area contributed by atoms with E-state index < -0.39 is 17.8 Å². The van der Waals surface area contributed by atoms with E-state index in [-0.39, 0.29) is 11.3 Å². The van der Waals surface area contributed by atoms with E-state index in [1.165, 1.54) is 25.4 Å². The fourth-order valence-electron chi connectivity index (χ4n) is 2.93. The average Bonchev–Trinajstić information content (AvgIpc) is 2.76. The van der Waals surface area contributed by atoms with Gasteiger partial charge in [0.05, 0.1) is 5.56 Å². The minimum absolute atomic E-state index is 0.0362. The molecular weight excluding hydrogens is 449 g/mol. The van der Waals surface area contributed by atoms with Gasteiger partial charge in [-0.05, 0) is 63.0 Å². The van der Waals surface area contributed by atoms with E-state index in [4.69, 9.17) is 4.74 Å². The number of carbonyl (C=O) groups excluding carboxylic acids is 1. The third kappa shape index (κ3) is 7.34. The summed E-state index contributed by atoms with van der Waals surface area (Å²) in [7, 11) is 3.95. The molecule has 180 valence electrons. The molecule has 3 rings (SSSR count). The van der Waals surface area contributed by atoms with Gasteiger partial charge in [-0.3, -0.25) is 0 Å². The molecule has 0 radical (unpaired) electrons. The second kappa shape index (κ2) is 10.8.